The summed E-state index contributed by atoms with van der Waals surface area (Å²) in [5.41, 5.74) is 0.917. The summed E-state index contributed by atoms with van der Waals surface area (Å²) in [6, 6.07) is 16.2. The molecule has 2 aromatic carbocycles. The first-order chi connectivity index (χ1) is 15.9. The van der Waals surface area contributed by atoms with Gasteiger partial charge in [0.15, 0.2) is 12.4 Å². The second-order valence-corrected chi connectivity index (χ2v) is 8.69. The van der Waals surface area contributed by atoms with Gasteiger partial charge in [0, 0.05) is 29.2 Å². The van der Waals surface area contributed by atoms with E-state index in [4.69, 9.17) is 21.1 Å². The van der Waals surface area contributed by atoms with E-state index < -0.39 is 30.2 Å². The van der Waals surface area contributed by atoms with Gasteiger partial charge in [-0.2, -0.15) is 0 Å². The number of amides is 1. The van der Waals surface area contributed by atoms with Crippen molar-refractivity contribution >= 4 is 52.3 Å². The molecule has 0 spiro atoms. The van der Waals surface area contributed by atoms with Crippen molar-refractivity contribution in [3.05, 3.63) is 81.5 Å². The number of nitrogens with zero attached hydrogens (tertiary/aromatic N) is 1. The van der Waals surface area contributed by atoms with E-state index in [9.17, 15) is 19.2 Å². The predicted molar refractivity (Wildman–Crippen MR) is 123 cm³/mol. The van der Waals surface area contributed by atoms with E-state index in [2.05, 4.69) is 0 Å². The van der Waals surface area contributed by atoms with Crippen molar-refractivity contribution in [1.82, 2.24) is 0 Å². The molecule has 0 aliphatic carbocycles. The Morgan fingerprint density at radius 1 is 1.06 bits per heavy atom. The summed E-state index contributed by atoms with van der Waals surface area (Å²) in [6.45, 7) is -0.286. The van der Waals surface area contributed by atoms with E-state index in [1.54, 1.807) is 41.8 Å². The minimum absolute atomic E-state index is 0.00381. The van der Waals surface area contributed by atoms with E-state index in [0.29, 0.717) is 26.9 Å². The fraction of sp³-hybridized carbons (Fsp3) is 0.167. The van der Waals surface area contributed by atoms with Crippen LogP contribution in [0.3, 0.4) is 0 Å². The van der Waals surface area contributed by atoms with Crippen molar-refractivity contribution < 1.29 is 28.7 Å². The minimum atomic E-state index is -0.664. The molecule has 0 unspecified atom stereocenters. The second kappa shape index (κ2) is 9.97. The fourth-order valence-corrected chi connectivity index (χ4v) is 4.14. The quantitative estimate of drug-likeness (QED) is 0.281. The van der Waals surface area contributed by atoms with Gasteiger partial charge < -0.3 is 14.4 Å². The molecular formula is C24H18ClNO6S. The lowest BCUT2D eigenvalue weighted by atomic mass is 10.1. The normalized spacial score (nSPS) is 15.4. The lowest BCUT2D eigenvalue weighted by molar-refractivity contribution is -0.147. The monoisotopic (exact) mass is 483 g/mol. The minimum Gasteiger partial charge on any atom is -0.457 e. The van der Waals surface area contributed by atoms with Crippen molar-refractivity contribution in [3.8, 4) is 5.75 Å². The van der Waals surface area contributed by atoms with Gasteiger partial charge in [0.2, 0.25) is 5.91 Å². The zero-order chi connectivity index (χ0) is 23.4. The van der Waals surface area contributed by atoms with Gasteiger partial charge >= 0.3 is 11.9 Å². The van der Waals surface area contributed by atoms with Gasteiger partial charge in [-0.1, -0.05) is 23.7 Å². The molecule has 0 radical (unpaired) electrons. The highest BCUT2D eigenvalue weighted by atomic mass is 35.5. The Bertz CT molecular complexity index is 1190. The summed E-state index contributed by atoms with van der Waals surface area (Å²) in [5, 5.41) is 2.26. The molecule has 1 atom stereocenters. The van der Waals surface area contributed by atoms with Crippen LogP contribution in [0.5, 0.6) is 5.75 Å². The highest BCUT2D eigenvalue weighted by Crippen LogP contribution is 2.27. The van der Waals surface area contributed by atoms with E-state index in [0.717, 1.165) is 0 Å². The number of hydrogen-bond acceptors (Lipinski definition) is 7. The van der Waals surface area contributed by atoms with Crippen LogP contribution in [0, 0.1) is 5.92 Å². The van der Waals surface area contributed by atoms with Crippen LogP contribution in [0.2, 0.25) is 5.02 Å². The van der Waals surface area contributed by atoms with Crippen molar-refractivity contribution in [2.24, 2.45) is 5.92 Å². The maximum absolute atomic E-state index is 12.4. The number of Topliss-reactive ketones (excluding diaryl/α,β-unsaturated/α-hetero) is 1. The van der Waals surface area contributed by atoms with Gasteiger partial charge in [0.25, 0.3) is 0 Å². The topological polar surface area (TPSA) is 90.0 Å². The van der Waals surface area contributed by atoms with Crippen molar-refractivity contribution in [3.63, 3.8) is 0 Å². The first kappa shape index (κ1) is 22.7. The number of hydrogen-bond donors (Lipinski definition) is 0. The third-order valence-electron chi connectivity index (χ3n) is 5.03. The number of halogens is 1. The Morgan fingerprint density at radius 2 is 1.85 bits per heavy atom. The molecule has 0 bridgehead atoms. The van der Waals surface area contributed by atoms with E-state index >= 15 is 0 Å². The summed E-state index contributed by atoms with van der Waals surface area (Å²) in [6.07, 6.45) is 0.00381. The Hall–Kier alpha value is -3.49. The van der Waals surface area contributed by atoms with Crippen molar-refractivity contribution in [2.75, 3.05) is 18.1 Å². The Morgan fingerprint density at radius 3 is 2.55 bits per heavy atom. The molecule has 0 N–H and O–H groups in total. The Labute approximate surface area is 198 Å². The van der Waals surface area contributed by atoms with Crippen LogP contribution in [0.4, 0.5) is 5.69 Å². The number of ether oxygens (including phenoxy) is 2. The van der Waals surface area contributed by atoms with Crippen LogP contribution in [0.25, 0.3) is 0 Å². The summed E-state index contributed by atoms with van der Waals surface area (Å²) in [5.74, 6) is -2.07. The van der Waals surface area contributed by atoms with Crippen molar-refractivity contribution in [2.45, 2.75) is 6.42 Å². The smallest absolute Gasteiger partial charge is 0.353 e. The molecule has 1 aliphatic rings. The number of thiophene rings is 1. The SMILES string of the molecule is O=C(COC(=O)[C@@H]1CC(=O)N(c2cccc(Cl)c2)C1)c1ccc(OC(=O)c2cccs2)cc1. The average molecular weight is 484 g/mol. The second-order valence-electron chi connectivity index (χ2n) is 7.31. The maximum atomic E-state index is 12.4. The largest absolute Gasteiger partial charge is 0.457 e. The summed E-state index contributed by atoms with van der Waals surface area (Å²) < 4.78 is 10.4. The lowest BCUT2D eigenvalue weighted by Gasteiger charge is -2.16. The van der Waals surface area contributed by atoms with Gasteiger partial charge in [0.1, 0.15) is 10.6 Å². The number of benzene rings is 2. The Kier molecular flexibility index (Phi) is 6.86. The summed E-state index contributed by atoms with van der Waals surface area (Å²) in [7, 11) is 0. The average Bonchev–Trinajstić information content (AvgIpc) is 3.48. The van der Waals surface area contributed by atoms with Crippen LogP contribution in [-0.2, 0) is 14.3 Å². The first-order valence-electron chi connectivity index (χ1n) is 10.0. The third kappa shape index (κ3) is 5.47. The molecule has 2 heterocycles. The van der Waals surface area contributed by atoms with Gasteiger partial charge in [-0.25, -0.2) is 4.79 Å². The number of ketones is 1. The van der Waals surface area contributed by atoms with E-state index in [-0.39, 0.29) is 18.9 Å². The van der Waals surface area contributed by atoms with Crippen LogP contribution in [-0.4, -0.2) is 36.8 Å². The third-order valence-corrected chi connectivity index (χ3v) is 6.12. The number of carbonyl (C=O) groups is 4. The maximum Gasteiger partial charge on any atom is 0.353 e. The molecule has 1 aromatic heterocycles. The molecule has 0 saturated carbocycles. The Balaban J connectivity index is 1.29. The molecule has 168 valence electrons. The zero-order valence-corrected chi connectivity index (χ0v) is 18.8. The zero-order valence-electron chi connectivity index (χ0n) is 17.2. The number of rotatable bonds is 7. The highest BCUT2D eigenvalue weighted by Gasteiger charge is 2.36. The van der Waals surface area contributed by atoms with E-state index in [1.807, 2.05) is 0 Å². The molecule has 3 aromatic rings. The lowest BCUT2D eigenvalue weighted by Crippen LogP contribution is -2.27. The molecule has 7 nitrogen and oxygen atoms in total. The molecule has 1 amide bonds. The summed E-state index contributed by atoms with van der Waals surface area (Å²) in [4.78, 5) is 51.1. The fourth-order valence-electron chi connectivity index (χ4n) is 3.36. The van der Waals surface area contributed by atoms with Gasteiger partial charge in [0.05, 0.1) is 5.92 Å². The first-order valence-corrected chi connectivity index (χ1v) is 11.3. The van der Waals surface area contributed by atoms with Crippen LogP contribution in [0.1, 0.15) is 26.5 Å². The summed E-state index contributed by atoms with van der Waals surface area (Å²) >= 11 is 7.25. The highest BCUT2D eigenvalue weighted by molar-refractivity contribution is 7.12. The number of esters is 2. The molecule has 33 heavy (non-hydrogen) atoms. The number of anilines is 1. The molecule has 9 heteroatoms. The van der Waals surface area contributed by atoms with Crippen LogP contribution in [0.15, 0.2) is 66.0 Å². The van der Waals surface area contributed by atoms with Crippen molar-refractivity contribution in [1.29, 1.82) is 0 Å². The standard InChI is InChI=1S/C24H18ClNO6S/c25-17-3-1-4-18(12-17)26-13-16(11-22(26)28)23(29)31-14-20(27)15-6-8-19(9-7-15)32-24(30)21-5-2-10-33-21/h1-10,12,16H,11,13-14H2/t16-/m1/s1. The van der Waals surface area contributed by atoms with Crippen LogP contribution < -0.4 is 9.64 Å². The molecule has 4 rings (SSSR count). The molecular weight excluding hydrogens is 466 g/mol. The number of carbonyl (C=O) groups excluding carboxylic acids is 4. The van der Waals surface area contributed by atoms with Gasteiger partial charge in [-0.15, -0.1) is 11.3 Å². The van der Waals surface area contributed by atoms with Crippen LogP contribution >= 0.6 is 22.9 Å². The predicted octanol–water partition coefficient (Wildman–Crippen LogP) is 4.40. The molecule has 1 aliphatic heterocycles. The van der Waals surface area contributed by atoms with Gasteiger partial charge in [-0.3, -0.25) is 14.4 Å². The molecule has 1 fully saturated rings. The molecule has 1 saturated heterocycles. The van der Waals surface area contributed by atoms with Gasteiger partial charge in [-0.05, 0) is 53.9 Å². The van der Waals surface area contributed by atoms with E-state index in [1.165, 1.54) is 40.5 Å².